The second-order valence-electron chi connectivity index (χ2n) is 14.6. The monoisotopic (exact) mass is 642 g/mol. The van der Waals surface area contributed by atoms with E-state index in [0.29, 0.717) is 36.8 Å². The van der Waals surface area contributed by atoms with E-state index < -0.39 is 26.7 Å². The number of methoxy groups -OCH3 is 1. The molecule has 0 spiro atoms. The largest absolute Gasteiger partial charge is 0.497 e. The van der Waals surface area contributed by atoms with E-state index >= 15 is 4.79 Å². The molecule has 0 radical (unpaired) electrons. The summed E-state index contributed by atoms with van der Waals surface area (Å²) in [6, 6.07) is 12.4. The van der Waals surface area contributed by atoms with Crippen molar-refractivity contribution in [2.75, 3.05) is 33.3 Å². The molecule has 3 aliphatic heterocycles. The first-order chi connectivity index (χ1) is 22.3. The maximum Gasteiger partial charge on any atom is 0.264 e. The molecule has 3 saturated carbocycles. The van der Waals surface area contributed by atoms with E-state index in [4.69, 9.17) is 4.74 Å². The second kappa shape index (κ2) is 10.3. The minimum atomic E-state index is -3.70. The third-order valence-corrected chi connectivity index (χ3v) is 13.8. The summed E-state index contributed by atoms with van der Waals surface area (Å²) < 4.78 is 35.8. The van der Waals surface area contributed by atoms with Crippen molar-refractivity contribution in [2.45, 2.75) is 92.9 Å². The molecule has 2 amide bonds. The first-order valence-electron chi connectivity index (χ1n) is 17.3. The van der Waals surface area contributed by atoms with Gasteiger partial charge in [-0.2, -0.15) is 0 Å². The summed E-state index contributed by atoms with van der Waals surface area (Å²) in [4.78, 5) is 33.1. The van der Waals surface area contributed by atoms with Gasteiger partial charge >= 0.3 is 0 Å². The molecular weight excluding hydrogens is 600 g/mol. The van der Waals surface area contributed by atoms with Crippen molar-refractivity contribution in [3.05, 3.63) is 53.1 Å². The number of aromatic nitrogens is 1. The van der Waals surface area contributed by atoms with Crippen LogP contribution in [-0.4, -0.2) is 79.2 Å². The molecular formula is C36H42N4O5S. The van der Waals surface area contributed by atoms with Crippen LogP contribution in [0, 0.1) is 0 Å². The number of fused-ring (bicyclic) bond motifs is 9. The Morgan fingerprint density at radius 3 is 2.54 bits per heavy atom. The molecule has 3 aliphatic carbocycles. The highest BCUT2D eigenvalue weighted by Crippen LogP contribution is 2.67. The highest BCUT2D eigenvalue weighted by Gasteiger charge is 2.67. The minimum Gasteiger partial charge on any atom is -0.497 e. The first-order valence-corrected chi connectivity index (χ1v) is 18.8. The first kappa shape index (κ1) is 28.8. The van der Waals surface area contributed by atoms with Gasteiger partial charge in [0.25, 0.3) is 5.91 Å². The summed E-state index contributed by atoms with van der Waals surface area (Å²) in [6.07, 6.45) is 9.95. The van der Waals surface area contributed by atoms with Crippen LogP contribution >= 0.6 is 0 Å². The van der Waals surface area contributed by atoms with Gasteiger partial charge in [0, 0.05) is 48.1 Å². The summed E-state index contributed by atoms with van der Waals surface area (Å²) in [5, 5.41) is 0.590. The predicted molar refractivity (Wildman–Crippen MR) is 176 cm³/mol. The van der Waals surface area contributed by atoms with Crippen LogP contribution in [0.15, 0.2) is 36.4 Å². The quantitative estimate of drug-likeness (QED) is 0.402. The minimum absolute atomic E-state index is 0.00161. The Morgan fingerprint density at radius 1 is 0.935 bits per heavy atom. The highest BCUT2D eigenvalue weighted by molar-refractivity contribution is 7.91. The molecule has 10 heteroatoms. The third-order valence-electron chi connectivity index (χ3n) is 11.9. The fourth-order valence-corrected chi connectivity index (χ4v) is 10.7. The zero-order valence-electron chi connectivity index (χ0n) is 26.5. The predicted octanol–water partition coefficient (Wildman–Crippen LogP) is 5.09. The Morgan fingerprint density at radius 2 is 1.76 bits per heavy atom. The normalized spacial score (nSPS) is 27.5. The van der Waals surface area contributed by atoms with E-state index in [0.717, 1.165) is 73.4 Å². The van der Waals surface area contributed by atoms with Crippen molar-refractivity contribution in [2.24, 2.45) is 0 Å². The molecule has 3 aromatic rings. The lowest BCUT2D eigenvalue weighted by molar-refractivity contribution is -0.139. The van der Waals surface area contributed by atoms with Crippen molar-refractivity contribution >= 4 is 32.7 Å². The molecule has 3 atom stereocenters. The number of nitrogens with one attached hydrogen (secondary N) is 1. The number of carbonyl (C=O) groups excluding carboxylic acids is 2. The molecule has 0 bridgehead atoms. The Bertz CT molecular complexity index is 1890. The van der Waals surface area contributed by atoms with Crippen LogP contribution in [0.25, 0.3) is 22.2 Å². The molecule has 9 nitrogen and oxygen atoms in total. The number of hydrogen-bond acceptors (Lipinski definition) is 6. The van der Waals surface area contributed by atoms with Gasteiger partial charge in [0.1, 0.15) is 11.3 Å². The lowest BCUT2D eigenvalue weighted by atomic mass is 9.80. The van der Waals surface area contributed by atoms with Gasteiger partial charge in [-0.05, 0) is 98.9 Å². The number of nitrogens with zero attached hydrogens (tertiary/aromatic N) is 3. The lowest BCUT2D eigenvalue weighted by Gasteiger charge is -2.41. The maximum atomic E-state index is 15.0. The number of hydrogen-bond donors (Lipinski definition) is 1. The van der Waals surface area contributed by atoms with Gasteiger partial charge in [0.05, 0.1) is 23.6 Å². The van der Waals surface area contributed by atoms with E-state index in [1.165, 1.54) is 36.8 Å². The number of amides is 2. The topological polar surface area (TPSA) is 101 Å². The fraction of sp³-hybridized carbons (Fsp3) is 0.556. The number of sulfonamides is 1. The van der Waals surface area contributed by atoms with Gasteiger partial charge in [-0.25, -0.2) is 13.1 Å². The Balaban J connectivity index is 1.24. The molecule has 2 saturated heterocycles. The number of ether oxygens (including phenoxy) is 1. The van der Waals surface area contributed by atoms with Crippen molar-refractivity contribution in [3.8, 4) is 17.0 Å². The van der Waals surface area contributed by atoms with Crippen LogP contribution in [0.4, 0.5) is 0 Å². The highest BCUT2D eigenvalue weighted by atomic mass is 32.2. The van der Waals surface area contributed by atoms with Gasteiger partial charge in [-0.3, -0.25) is 14.5 Å². The van der Waals surface area contributed by atoms with Crippen LogP contribution in [-0.2, 0) is 20.4 Å². The summed E-state index contributed by atoms with van der Waals surface area (Å²) in [5.74, 6) is 0.724. The Kier molecular flexibility index (Phi) is 6.46. The molecule has 1 aromatic heterocycles. The average molecular weight is 643 g/mol. The summed E-state index contributed by atoms with van der Waals surface area (Å²) in [6.45, 7) is 3.51. The van der Waals surface area contributed by atoms with E-state index in [1.54, 1.807) is 13.2 Å². The SMILES string of the molecule is COc1ccc2c(c1)C1CC1(C(=O)N1CCN3CCCC3C1)n1c-2c(C2CCCCC2)c2ccc(C(=O)NS(=O)(=O)C3CC3)cc21. The molecule has 1 N–H and O–H groups in total. The zero-order chi connectivity index (χ0) is 31.4. The van der Waals surface area contributed by atoms with Crippen LogP contribution < -0.4 is 9.46 Å². The van der Waals surface area contributed by atoms with Gasteiger partial charge in [0.15, 0.2) is 0 Å². The number of benzene rings is 2. The Hall–Kier alpha value is -3.37. The smallest absolute Gasteiger partial charge is 0.264 e. The molecule has 4 heterocycles. The van der Waals surface area contributed by atoms with Crippen LogP contribution in [0.1, 0.15) is 97.5 Å². The van der Waals surface area contributed by atoms with Crippen LogP contribution in [0.5, 0.6) is 5.75 Å². The van der Waals surface area contributed by atoms with Crippen molar-refractivity contribution in [3.63, 3.8) is 0 Å². The molecule has 5 fully saturated rings. The van der Waals surface area contributed by atoms with Crippen molar-refractivity contribution < 1.29 is 22.7 Å². The van der Waals surface area contributed by atoms with Gasteiger partial charge in [-0.1, -0.05) is 25.3 Å². The van der Waals surface area contributed by atoms with E-state index in [1.807, 2.05) is 18.2 Å². The van der Waals surface area contributed by atoms with Gasteiger partial charge in [0.2, 0.25) is 15.9 Å². The van der Waals surface area contributed by atoms with E-state index in [2.05, 4.69) is 31.2 Å². The second-order valence-corrected chi connectivity index (χ2v) is 16.5. The molecule has 46 heavy (non-hydrogen) atoms. The lowest BCUT2D eigenvalue weighted by Crippen LogP contribution is -2.55. The number of rotatable bonds is 6. The molecule has 2 aromatic carbocycles. The molecule has 242 valence electrons. The number of carbonyl (C=O) groups is 2. The fourth-order valence-electron chi connectivity index (χ4n) is 9.41. The molecule has 6 aliphatic rings. The Labute approximate surface area is 270 Å². The molecule has 9 rings (SSSR count). The van der Waals surface area contributed by atoms with Gasteiger partial charge < -0.3 is 14.2 Å². The van der Waals surface area contributed by atoms with Gasteiger partial charge in [-0.15, -0.1) is 0 Å². The standard InChI is InChI=1S/C36H42N4O5S/c1-45-25-10-14-27-29(19-25)30-20-36(30,35(42)39-17-16-38-15-5-8-24(38)21-39)40-31-18-23(34(41)37-46(43,44)26-11-12-26)9-13-28(31)32(33(27)40)22-6-3-2-4-7-22/h9-10,13-14,18-19,22,24,26,30H,2-8,11-12,15-17,20-21H2,1H3,(H,37,41). The zero-order valence-corrected chi connectivity index (χ0v) is 27.3. The molecule has 3 unspecified atom stereocenters. The van der Waals surface area contributed by atoms with Crippen molar-refractivity contribution in [1.82, 2.24) is 19.1 Å². The van der Waals surface area contributed by atoms with Crippen molar-refractivity contribution in [1.29, 1.82) is 0 Å². The summed E-state index contributed by atoms with van der Waals surface area (Å²) >= 11 is 0. The average Bonchev–Trinajstić information content (AvgIpc) is 3.99. The summed E-state index contributed by atoms with van der Waals surface area (Å²) in [5.41, 5.74) is 5.09. The van der Waals surface area contributed by atoms with Crippen LogP contribution in [0.2, 0.25) is 0 Å². The number of piperazine rings is 1. The van der Waals surface area contributed by atoms with E-state index in [9.17, 15) is 13.2 Å². The third kappa shape index (κ3) is 4.24. The van der Waals surface area contributed by atoms with Crippen LogP contribution in [0.3, 0.4) is 0 Å². The summed E-state index contributed by atoms with van der Waals surface area (Å²) in [7, 11) is -2.00. The maximum absolute atomic E-state index is 15.0. The van der Waals surface area contributed by atoms with E-state index in [-0.39, 0.29) is 11.8 Å².